The van der Waals surface area contributed by atoms with Gasteiger partial charge in [-0.3, -0.25) is 4.99 Å². The van der Waals surface area contributed by atoms with Crippen LogP contribution in [0.5, 0.6) is 0 Å². The Kier molecular flexibility index (Phi) is 10.7. The molecule has 1 aromatic heterocycles. The van der Waals surface area contributed by atoms with Crippen molar-refractivity contribution in [2.45, 2.75) is 13.0 Å². The van der Waals surface area contributed by atoms with Gasteiger partial charge >= 0.3 is 0 Å². The Morgan fingerprint density at radius 2 is 1.92 bits per heavy atom. The molecule has 1 heterocycles. The Bertz CT molecular complexity index is 600. The van der Waals surface area contributed by atoms with E-state index in [1.807, 2.05) is 12.1 Å². The highest BCUT2D eigenvalue weighted by Crippen LogP contribution is 2.09. The van der Waals surface area contributed by atoms with Crippen molar-refractivity contribution in [3.63, 3.8) is 0 Å². The molecule has 0 fully saturated rings. The largest absolute Gasteiger partial charge is 0.469 e. The minimum atomic E-state index is 0. The van der Waals surface area contributed by atoms with Crippen LogP contribution in [0.2, 0.25) is 0 Å². The summed E-state index contributed by atoms with van der Waals surface area (Å²) in [6.45, 7) is 3.00. The second kappa shape index (κ2) is 12.6. The Labute approximate surface area is 166 Å². The summed E-state index contributed by atoms with van der Waals surface area (Å²) in [5.74, 6) is 1.75. The summed E-state index contributed by atoms with van der Waals surface area (Å²) in [6, 6.07) is 12.2. The predicted octanol–water partition coefficient (Wildman–Crippen LogP) is 2.86. The van der Waals surface area contributed by atoms with E-state index in [1.165, 1.54) is 5.56 Å². The highest BCUT2D eigenvalue weighted by molar-refractivity contribution is 14.0. The lowest BCUT2D eigenvalue weighted by atomic mass is 10.2. The van der Waals surface area contributed by atoms with Crippen LogP contribution in [0.1, 0.15) is 11.3 Å². The van der Waals surface area contributed by atoms with Gasteiger partial charge in [-0.05, 0) is 29.8 Å². The van der Waals surface area contributed by atoms with Crippen molar-refractivity contribution in [1.82, 2.24) is 10.6 Å². The molecule has 138 valence electrons. The van der Waals surface area contributed by atoms with E-state index >= 15 is 0 Å². The maximum atomic E-state index is 5.31. The van der Waals surface area contributed by atoms with Gasteiger partial charge in [0.15, 0.2) is 5.96 Å². The number of anilines is 1. The van der Waals surface area contributed by atoms with Gasteiger partial charge in [0.25, 0.3) is 0 Å². The summed E-state index contributed by atoms with van der Waals surface area (Å²) in [5, 5.41) is 9.88. The molecule has 0 spiro atoms. The molecule has 0 amide bonds. The predicted molar refractivity (Wildman–Crippen MR) is 113 cm³/mol. The zero-order valence-electron chi connectivity index (χ0n) is 14.7. The summed E-state index contributed by atoms with van der Waals surface area (Å²) < 4.78 is 10.3. The molecule has 3 N–H and O–H groups in total. The normalized spacial score (nSPS) is 10.9. The molecule has 0 aliphatic rings. The molecule has 2 rings (SSSR count). The van der Waals surface area contributed by atoms with Crippen LogP contribution in [0.25, 0.3) is 0 Å². The van der Waals surface area contributed by atoms with Gasteiger partial charge in [0.1, 0.15) is 5.76 Å². The smallest absolute Gasteiger partial charge is 0.191 e. The minimum absolute atomic E-state index is 0. The summed E-state index contributed by atoms with van der Waals surface area (Å²) in [6.07, 6.45) is 2.52. The number of benzene rings is 1. The molecule has 2 aromatic rings. The average molecular weight is 458 g/mol. The summed E-state index contributed by atoms with van der Waals surface area (Å²) in [7, 11) is 3.47. The molecule has 25 heavy (non-hydrogen) atoms. The Balaban J connectivity index is 0.00000312. The number of halogens is 1. The van der Waals surface area contributed by atoms with Crippen molar-refractivity contribution < 1.29 is 9.15 Å². The van der Waals surface area contributed by atoms with Gasteiger partial charge in [-0.2, -0.15) is 0 Å². The fraction of sp³-hybridized carbons (Fsp3) is 0.389. The molecule has 0 atom stereocenters. The molecule has 0 saturated heterocycles. The first kappa shape index (κ1) is 21.3. The van der Waals surface area contributed by atoms with E-state index in [-0.39, 0.29) is 24.0 Å². The summed E-state index contributed by atoms with van der Waals surface area (Å²) >= 11 is 0. The number of methoxy groups -OCH3 is 1. The zero-order valence-corrected chi connectivity index (χ0v) is 17.1. The molecule has 0 unspecified atom stereocenters. The molecule has 0 saturated carbocycles. The summed E-state index contributed by atoms with van der Waals surface area (Å²) in [5.41, 5.74) is 2.29. The minimum Gasteiger partial charge on any atom is -0.469 e. The lowest BCUT2D eigenvalue weighted by molar-refractivity contribution is 0.211. The maximum absolute atomic E-state index is 5.31. The molecule has 1 aromatic carbocycles. The molecular formula is C18H27IN4O2. The van der Waals surface area contributed by atoms with Crippen LogP contribution >= 0.6 is 24.0 Å². The van der Waals surface area contributed by atoms with E-state index in [0.29, 0.717) is 6.61 Å². The standard InChI is InChI=1S/C18H26N4O2.HI/c1-19-18(21-10-9-17-4-3-12-24-17)22-14-15-5-7-16(8-6-15)20-11-13-23-2;/h3-8,12,20H,9-11,13-14H2,1-2H3,(H2,19,21,22);1H. The van der Waals surface area contributed by atoms with Gasteiger partial charge in [0.2, 0.25) is 0 Å². The van der Waals surface area contributed by atoms with Crippen LogP contribution in [-0.4, -0.2) is 39.8 Å². The van der Waals surface area contributed by atoms with Gasteiger partial charge in [-0.1, -0.05) is 12.1 Å². The van der Waals surface area contributed by atoms with E-state index in [4.69, 9.17) is 9.15 Å². The van der Waals surface area contributed by atoms with Crippen molar-refractivity contribution in [3.05, 3.63) is 54.0 Å². The van der Waals surface area contributed by atoms with Gasteiger partial charge in [0, 0.05) is 45.9 Å². The van der Waals surface area contributed by atoms with Crippen LogP contribution < -0.4 is 16.0 Å². The molecule has 0 aliphatic carbocycles. The monoisotopic (exact) mass is 458 g/mol. The number of ether oxygens (including phenoxy) is 1. The van der Waals surface area contributed by atoms with E-state index in [2.05, 4.69) is 45.2 Å². The number of nitrogens with zero attached hydrogens (tertiary/aromatic N) is 1. The zero-order chi connectivity index (χ0) is 17.0. The first-order valence-corrected chi connectivity index (χ1v) is 8.10. The Hall–Kier alpha value is -1.74. The summed E-state index contributed by atoms with van der Waals surface area (Å²) in [4.78, 5) is 4.23. The van der Waals surface area contributed by atoms with Crippen LogP contribution in [0.4, 0.5) is 5.69 Å². The van der Waals surface area contributed by atoms with E-state index in [0.717, 1.165) is 43.5 Å². The number of guanidine groups is 1. The van der Waals surface area contributed by atoms with Gasteiger partial charge in [0.05, 0.1) is 12.9 Å². The third-order valence-corrected chi connectivity index (χ3v) is 3.52. The van der Waals surface area contributed by atoms with Crippen LogP contribution in [0.3, 0.4) is 0 Å². The van der Waals surface area contributed by atoms with Crippen molar-refractivity contribution in [2.75, 3.05) is 39.2 Å². The van der Waals surface area contributed by atoms with E-state index in [1.54, 1.807) is 20.4 Å². The Morgan fingerprint density at radius 3 is 2.56 bits per heavy atom. The molecule has 6 nitrogen and oxygen atoms in total. The fourth-order valence-electron chi connectivity index (χ4n) is 2.20. The number of rotatable bonds is 9. The first-order chi connectivity index (χ1) is 11.8. The van der Waals surface area contributed by atoms with Gasteiger partial charge < -0.3 is 25.1 Å². The van der Waals surface area contributed by atoms with Crippen molar-refractivity contribution in [3.8, 4) is 0 Å². The molecule has 0 bridgehead atoms. The van der Waals surface area contributed by atoms with Gasteiger partial charge in [-0.25, -0.2) is 0 Å². The second-order valence-electron chi connectivity index (χ2n) is 5.30. The average Bonchev–Trinajstić information content (AvgIpc) is 3.13. The SMILES string of the molecule is CN=C(NCCc1ccco1)NCc1ccc(NCCOC)cc1.I. The first-order valence-electron chi connectivity index (χ1n) is 8.10. The van der Waals surface area contributed by atoms with E-state index < -0.39 is 0 Å². The molecule has 7 heteroatoms. The quantitative estimate of drug-likeness (QED) is 0.233. The number of nitrogens with one attached hydrogen (secondary N) is 3. The number of furan rings is 1. The van der Waals surface area contributed by atoms with Crippen molar-refractivity contribution >= 4 is 35.6 Å². The lowest BCUT2D eigenvalue weighted by Gasteiger charge is -2.12. The molecular weight excluding hydrogens is 431 g/mol. The second-order valence-corrected chi connectivity index (χ2v) is 5.30. The number of aliphatic imine (C=N–C) groups is 1. The molecule has 0 radical (unpaired) electrons. The number of hydrogen-bond acceptors (Lipinski definition) is 4. The highest BCUT2D eigenvalue weighted by Gasteiger charge is 2.00. The topological polar surface area (TPSA) is 70.8 Å². The third-order valence-electron chi connectivity index (χ3n) is 3.52. The van der Waals surface area contributed by atoms with Crippen LogP contribution in [-0.2, 0) is 17.7 Å². The van der Waals surface area contributed by atoms with E-state index in [9.17, 15) is 0 Å². The molecule has 0 aliphatic heterocycles. The van der Waals surface area contributed by atoms with Crippen LogP contribution in [0, 0.1) is 0 Å². The Morgan fingerprint density at radius 1 is 1.12 bits per heavy atom. The maximum Gasteiger partial charge on any atom is 0.191 e. The number of hydrogen-bond donors (Lipinski definition) is 3. The van der Waals surface area contributed by atoms with Crippen molar-refractivity contribution in [1.29, 1.82) is 0 Å². The third kappa shape index (κ3) is 8.26. The lowest BCUT2D eigenvalue weighted by Crippen LogP contribution is -2.37. The fourth-order valence-corrected chi connectivity index (χ4v) is 2.20. The van der Waals surface area contributed by atoms with Gasteiger partial charge in [-0.15, -0.1) is 24.0 Å². The van der Waals surface area contributed by atoms with Crippen LogP contribution in [0.15, 0.2) is 52.1 Å². The highest BCUT2D eigenvalue weighted by atomic mass is 127. The van der Waals surface area contributed by atoms with Crippen molar-refractivity contribution in [2.24, 2.45) is 4.99 Å².